The molecule has 2 N–H and O–H groups in total. The maximum Gasteiger partial charge on any atom is 0.326 e. The van der Waals surface area contributed by atoms with Gasteiger partial charge < -0.3 is 20.2 Å². The maximum atomic E-state index is 11.9. The Morgan fingerprint density at radius 3 is 2.33 bits per heavy atom. The number of amides is 2. The number of piperidine rings is 1. The molecular formula is C12H23N3O3. The fourth-order valence-electron chi connectivity index (χ4n) is 2.16. The van der Waals surface area contributed by atoms with Crippen molar-refractivity contribution in [3.8, 4) is 0 Å². The molecule has 18 heavy (non-hydrogen) atoms. The second-order valence-corrected chi connectivity index (χ2v) is 4.93. The van der Waals surface area contributed by atoms with Crippen LogP contribution < -0.4 is 5.32 Å². The molecule has 1 aliphatic rings. The Labute approximate surface area is 108 Å². The molecule has 6 nitrogen and oxygen atoms in total. The number of carboxylic acid groups (broad SMARTS) is 1. The molecule has 0 unspecified atom stereocenters. The van der Waals surface area contributed by atoms with Crippen molar-refractivity contribution in [2.24, 2.45) is 0 Å². The Balaban J connectivity index is 2.42. The van der Waals surface area contributed by atoms with Gasteiger partial charge in [-0.25, -0.2) is 9.59 Å². The van der Waals surface area contributed by atoms with E-state index in [2.05, 4.69) is 10.2 Å². The summed E-state index contributed by atoms with van der Waals surface area (Å²) in [5, 5.41) is 11.4. The van der Waals surface area contributed by atoms with Gasteiger partial charge in [0.2, 0.25) is 0 Å². The minimum absolute atomic E-state index is 0.263. The molecule has 104 valence electrons. The van der Waals surface area contributed by atoms with Crippen LogP contribution in [0, 0.1) is 0 Å². The third-order valence-corrected chi connectivity index (χ3v) is 3.49. The fraction of sp³-hybridized carbons (Fsp3) is 0.833. The first-order valence-corrected chi connectivity index (χ1v) is 6.40. The van der Waals surface area contributed by atoms with Crippen molar-refractivity contribution in [2.75, 3.05) is 27.2 Å². The third kappa shape index (κ3) is 3.87. The maximum absolute atomic E-state index is 11.9. The van der Waals surface area contributed by atoms with E-state index < -0.39 is 12.0 Å². The number of hydrogen-bond donors (Lipinski definition) is 2. The highest BCUT2D eigenvalue weighted by atomic mass is 16.4. The molecule has 0 saturated carbocycles. The lowest BCUT2D eigenvalue weighted by Gasteiger charge is -2.35. The predicted octanol–water partition coefficient (Wildman–Crippen LogP) is 0.585. The molecule has 0 bridgehead atoms. The summed E-state index contributed by atoms with van der Waals surface area (Å²) in [6, 6.07) is -0.541. The largest absolute Gasteiger partial charge is 0.480 e. The summed E-state index contributed by atoms with van der Waals surface area (Å²) in [4.78, 5) is 26.6. The molecule has 1 fully saturated rings. The molecule has 0 aromatic rings. The summed E-state index contributed by atoms with van der Waals surface area (Å²) in [5.41, 5.74) is 0. The van der Waals surface area contributed by atoms with Gasteiger partial charge in [0.15, 0.2) is 0 Å². The molecule has 0 radical (unpaired) electrons. The Bertz CT molecular complexity index is 299. The average Bonchev–Trinajstić information content (AvgIpc) is 2.35. The van der Waals surface area contributed by atoms with E-state index in [1.54, 1.807) is 11.8 Å². The molecular weight excluding hydrogens is 234 g/mol. The number of nitrogens with zero attached hydrogens (tertiary/aromatic N) is 2. The third-order valence-electron chi connectivity index (χ3n) is 3.49. The van der Waals surface area contributed by atoms with Gasteiger partial charge in [-0.2, -0.15) is 0 Å². The number of aliphatic carboxylic acids is 1. The number of likely N-dealkylation sites (tertiary alicyclic amines) is 1. The zero-order valence-electron chi connectivity index (χ0n) is 11.3. The lowest BCUT2D eigenvalue weighted by molar-refractivity contribution is -0.139. The van der Waals surface area contributed by atoms with Crippen molar-refractivity contribution in [1.82, 2.24) is 15.1 Å². The SMILES string of the molecule is CC[C@@H](NC(=O)N1CCC(N(C)C)CC1)C(=O)O. The van der Waals surface area contributed by atoms with Gasteiger partial charge in [-0.05, 0) is 33.4 Å². The van der Waals surface area contributed by atoms with Crippen LogP contribution in [0.2, 0.25) is 0 Å². The number of carbonyl (C=O) groups excluding carboxylic acids is 1. The zero-order chi connectivity index (χ0) is 13.7. The van der Waals surface area contributed by atoms with Gasteiger partial charge in [-0.3, -0.25) is 0 Å². The first-order chi connectivity index (χ1) is 8.45. The van der Waals surface area contributed by atoms with Gasteiger partial charge in [0.05, 0.1) is 0 Å². The van der Waals surface area contributed by atoms with E-state index in [0.29, 0.717) is 25.6 Å². The highest BCUT2D eigenvalue weighted by molar-refractivity contribution is 5.82. The fourth-order valence-corrected chi connectivity index (χ4v) is 2.16. The number of carbonyl (C=O) groups is 2. The summed E-state index contributed by atoms with van der Waals surface area (Å²) >= 11 is 0. The molecule has 1 atom stereocenters. The van der Waals surface area contributed by atoms with Crippen LogP contribution in [0.15, 0.2) is 0 Å². The lowest BCUT2D eigenvalue weighted by atomic mass is 10.0. The van der Waals surface area contributed by atoms with Gasteiger partial charge in [0.1, 0.15) is 6.04 Å². The summed E-state index contributed by atoms with van der Waals surface area (Å²) in [6.07, 6.45) is 2.27. The van der Waals surface area contributed by atoms with Crippen molar-refractivity contribution < 1.29 is 14.7 Å². The van der Waals surface area contributed by atoms with Crippen LogP contribution >= 0.6 is 0 Å². The first-order valence-electron chi connectivity index (χ1n) is 6.40. The Kier molecular flexibility index (Phi) is 5.40. The van der Waals surface area contributed by atoms with Crippen LogP contribution in [0.25, 0.3) is 0 Å². The van der Waals surface area contributed by atoms with Crippen LogP contribution in [0.3, 0.4) is 0 Å². The van der Waals surface area contributed by atoms with Crippen molar-refractivity contribution in [2.45, 2.75) is 38.3 Å². The van der Waals surface area contributed by atoms with E-state index >= 15 is 0 Å². The van der Waals surface area contributed by atoms with Crippen molar-refractivity contribution >= 4 is 12.0 Å². The lowest BCUT2D eigenvalue weighted by Crippen LogP contribution is -2.51. The van der Waals surface area contributed by atoms with Gasteiger partial charge in [0.25, 0.3) is 0 Å². The number of urea groups is 1. The molecule has 0 aliphatic carbocycles. The van der Waals surface area contributed by atoms with Crippen LogP contribution in [0.1, 0.15) is 26.2 Å². The molecule has 0 spiro atoms. The monoisotopic (exact) mass is 257 g/mol. The molecule has 1 heterocycles. The Morgan fingerprint density at radius 2 is 1.94 bits per heavy atom. The van der Waals surface area contributed by atoms with Gasteiger partial charge in [0, 0.05) is 19.1 Å². The van der Waals surface area contributed by atoms with Crippen LogP contribution in [0.5, 0.6) is 0 Å². The van der Waals surface area contributed by atoms with E-state index in [1.807, 2.05) is 14.1 Å². The van der Waals surface area contributed by atoms with Crippen LogP contribution in [-0.4, -0.2) is 66.2 Å². The molecule has 6 heteroatoms. The van der Waals surface area contributed by atoms with Crippen LogP contribution in [0.4, 0.5) is 4.79 Å². The topological polar surface area (TPSA) is 72.9 Å². The summed E-state index contributed by atoms with van der Waals surface area (Å²) in [5.74, 6) is -0.978. The summed E-state index contributed by atoms with van der Waals surface area (Å²) in [6.45, 7) is 3.12. The van der Waals surface area contributed by atoms with Gasteiger partial charge >= 0.3 is 12.0 Å². The van der Waals surface area contributed by atoms with E-state index in [4.69, 9.17) is 5.11 Å². The molecule has 1 saturated heterocycles. The van der Waals surface area contributed by atoms with Crippen LogP contribution in [-0.2, 0) is 4.79 Å². The number of rotatable bonds is 4. The predicted molar refractivity (Wildman–Crippen MR) is 68.5 cm³/mol. The molecule has 1 rings (SSSR count). The highest BCUT2D eigenvalue weighted by Gasteiger charge is 2.26. The normalized spacial score (nSPS) is 18.8. The van der Waals surface area contributed by atoms with Crippen molar-refractivity contribution in [3.05, 3.63) is 0 Å². The Hall–Kier alpha value is -1.30. The van der Waals surface area contributed by atoms with E-state index in [1.165, 1.54) is 0 Å². The second-order valence-electron chi connectivity index (χ2n) is 4.93. The van der Waals surface area contributed by atoms with E-state index in [9.17, 15) is 9.59 Å². The summed E-state index contributed by atoms with van der Waals surface area (Å²) < 4.78 is 0. The number of hydrogen-bond acceptors (Lipinski definition) is 3. The van der Waals surface area contributed by atoms with Gasteiger partial charge in [-0.15, -0.1) is 0 Å². The molecule has 0 aromatic heterocycles. The quantitative estimate of drug-likeness (QED) is 0.773. The Morgan fingerprint density at radius 1 is 1.39 bits per heavy atom. The minimum Gasteiger partial charge on any atom is -0.480 e. The molecule has 1 aliphatic heterocycles. The zero-order valence-corrected chi connectivity index (χ0v) is 11.3. The van der Waals surface area contributed by atoms with Crippen molar-refractivity contribution in [3.63, 3.8) is 0 Å². The summed E-state index contributed by atoms with van der Waals surface area (Å²) in [7, 11) is 4.08. The minimum atomic E-state index is -0.978. The average molecular weight is 257 g/mol. The standard InChI is InChI=1S/C12H23N3O3/c1-4-10(11(16)17)13-12(18)15-7-5-9(6-8-15)14(2)3/h9-10H,4-8H2,1-3H3,(H,13,18)(H,16,17)/t10-/m1/s1. The second kappa shape index (κ2) is 6.58. The molecule has 0 aromatic carbocycles. The molecule has 2 amide bonds. The first kappa shape index (κ1) is 14.8. The smallest absolute Gasteiger partial charge is 0.326 e. The van der Waals surface area contributed by atoms with E-state index in [0.717, 1.165) is 12.8 Å². The number of carboxylic acids is 1. The highest BCUT2D eigenvalue weighted by Crippen LogP contribution is 2.14. The van der Waals surface area contributed by atoms with E-state index in [-0.39, 0.29) is 6.03 Å². The van der Waals surface area contributed by atoms with Gasteiger partial charge in [-0.1, -0.05) is 6.92 Å². The van der Waals surface area contributed by atoms with Crippen molar-refractivity contribution in [1.29, 1.82) is 0 Å². The number of nitrogens with one attached hydrogen (secondary N) is 1.